The first-order valence-corrected chi connectivity index (χ1v) is 9.70. The lowest BCUT2D eigenvalue weighted by Gasteiger charge is -2.21. The van der Waals surface area contributed by atoms with E-state index in [4.69, 9.17) is 10.7 Å². The van der Waals surface area contributed by atoms with E-state index in [0.717, 1.165) is 22.4 Å². The van der Waals surface area contributed by atoms with Gasteiger partial charge in [0.1, 0.15) is 0 Å². The van der Waals surface area contributed by atoms with Gasteiger partial charge in [-0.25, -0.2) is 4.99 Å². The van der Waals surface area contributed by atoms with E-state index in [1.54, 1.807) is 17.0 Å². The number of benzene rings is 2. The fraction of sp³-hybridized carbons (Fsp3) is 0.130. The summed E-state index contributed by atoms with van der Waals surface area (Å²) in [5.41, 5.74) is 11.4. The van der Waals surface area contributed by atoms with Crippen LogP contribution in [0.5, 0.6) is 0 Å². The molecule has 2 aliphatic heterocycles. The number of amides is 2. The van der Waals surface area contributed by atoms with Crippen LogP contribution in [-0.4, -0.2) is 35.2 Å². The van der Waals surface area contributed by atoms with Gasteiger partial charge < -0.3 is 16.0 Å². The lowest BCUT2D eigenvalue weighted by Crippen LogP contribution is -2.46. The Bertz CT molecular complexity index is 1170. The molecule has 0 fully saturated rings. The number of carbonyl (C=O) groups is 2. The number of anilines is 2. The van der Waals surface area contributed by atoms with Crippen LogP contribution in [-0.2, 0) is 11.2 Å². The Morgan fingerprint density at radius 2 is 1.87 bits per heavy atom. The number of carbonyl (C=O) groups excluding carboxylic acids is 2. The molecule has 0 saturated carbocycles. The van der Waals surface area contributed by atoms with E-state index in [-0.39, 0.29) is 11.8 Å². The SMILES string of the molecule is Nc1cc2c3c(c1)C(c1ccccc1)=N[C@H](NC(=O)c1ccncc1)C(=O)N3CC2. The van der Waals surface area contributed by atoms with E-state index in [9.17, 15) is 9.59 Å². The van der Waals surface area contributed by atoms with Crippen LogP contribution in [0.15, 0.2) is 72.0 Å². The van der Waals surface area contributed by atoms with Crippen LogP contribution in [0.1, 0.15) is 27.0 Å². The second-order valence-electron chi connectivity index (χ2n) is 7.27. The topological polar surface area (TPSA) is 101 Å². The maximum absolute atomic E-state index is 13.4. The van der Waals surface area contributed by atoms with Crippen LogP contribution in [0.2, 0.25) is 0 Å². The molecule has 30 heavy (non-hydrogen) atoms. The lowest BCUT2D eigenvalue weighted by molar-refractivity contribution is -0.120. The van der Waals surface area contributed by atoms with Gasteiger partial charge in [0.05, 0.1) is 11.4 Å². The van der Waals surface area contributed by atoms with Crippen LogP contribution in [0.3, 0.4) is 0 Å². The van der Waals surface area contributed by atoms with Gasteiger partial charge in [-0.15, -0.1) is 0 Å². The Labute approximate surface area is 173 Å². The van der Waals surface area contributed by atoms with Gasteiger partial charge in [-0.05, 0) is 36.2 Å². The standard InChI is InChI=1S/C23H19N5O2/c24-17-12-16-8-11-28-20(16)18(13-17)19(14-4-2-1-3-5-14)26-21(23(28)30)27-22(29)15-6-9-25-10-7-15/h1-7,9-10,12-13,21H,8,11,24H2,(H,27,29)/t21-/m1/s1. The van der Waals surface area contributed by atoms with Crippen molar-refractivity contribution >= 4 is 28.9 Å². The molecule has 2 aromatic carbocycles. The summed E-state index contributed by atoms with van der Waals surface area (Å²) in [6.45, 7) is 0.532. The molecule has 0 aliphatic carbocycles. The van der Waals surface area contributed by atoms with Crippen molar-refractivity contribution in [1.82, 2.24) is 10.3 Å². The second kappa shape index (κ2) is 7.11. The summed E-state index contributed by atoms with van der Waals surface area (Å²) in [5, 5.41) is 2.78. The van der Waals surface area contributed by atoms with Gasteiger partial charge in [0.25, 0.3) is 11.8 Å². The highest BCUT2D eigenvalue weighted by molar-refractivity contribution is 6.21. The third-order valence-electron chi connectivity index (χ3n) is 5.36. The minimum Gasteiger partial charge on any atom is -0.399 e. The molecule has 0 saturated heterocycles. The zero-order valence-corrected chi connectivity index (χ0v) is 16.1. The number of nitrogens with zero attached hydrogens (tertiary/aromatic N) is 3. The van der Waals surface area contributed by atoms with E-state index in [2.05, 4.69) is 10.3 Å². The number of pyridine rings is 1. The summed E-state index contributed by atoms with van der Waals surface area (Å²) in [6.07, 6.45) is 2.74. The first kappa shape index (κ1) is 18.1. The molecule has 5 rings (SSSR count). The third-order valence-corrected chi connectivity index (χ3v) is 5.36. The third kappa shape index (κ3) is 3.00. The van der Waals surface area contributed by atoms with Crippen molar-refractivity contribution in [3.63, 3.8) is 0 Å². The van der Waals surface area contributed by atoms with E-state index in [1.165, 1.54) is 12.4 Å². The molecule has 0 unspecified atom stereocenters. The lowest BCUT2D eigenvalue weighted by atomic mass is 9.97. The summed E-state index contributed by atoms with van der Waals surface area (Å²) in [7, 11) is 0. The first-order valence-electron chi connectivity index (χ1n) is 9.70. The predicted octanol–water partition coefficient (Wildman–Crippen LogP) is 2.16. The molecule has 1 atom stereocenters. The van der Waals surface area contributed by atoms with Crippen molar-refractivity contribution in [1.29, 1.82) is 0 Å². The summed E-state index contributed by atoms with van der Waals surface area (Å²) < 4.78 is 0. The molecule has 3 heterocycles. The van der Waals surface area contributed by atoms with Crippen LogP contribution in [0.4, 0.5) is 11.4 Å². The average molecular weight is 397 g/mol. The number of aliphatic imine (C=N–C) groups is 1. The van der Waals surface area contributed by atoms with Gasteiger partial charge in [0.2, 0.25) is 6.17 Å². The highest BCUT2D eigenvalue weighted by atomic mass is 16.2. The monoisotopic (exact) mass is 397 g/mol. The van der Waals surface area contributed by atoms with Crippen molar-refractivity contribution in [2.24, 2.45) is 4.99 Å². The van der Waals surface area contributed by atoms with E-state index in [1.807, 2.05) is 42.5 Å². The smallest absolute Gasteiger partial charge is 0.272 e. The van der Waals surface area contributed by atoms with Crippen LogP contribution in [0, 0.1) is 0 Å². The van der Waals surface area contributed by atoms with Crippen LogP contribution < -0.4 is 16.0 Å². The largest absolute Gasteiger partial charge is 0.399 e. The normalized spacial score (nSPS) is 17.2. The number of nitrogen functional groups attached to an aromatic ring is 1. The van der Waals surface area contributed by atoms with Crippen molar-refractivity contribution < 1.29 is 9.59 Å². The van der Waals surface area contributed by atoms with Gasteiger partial charge >= 0.3 is 0 Å². The van der Waals surface area contributed by atoms with Gasteiger partial charge in [-0.1, -0.05) is 30.3 Å². The summed E-state index contributed by atoms with van der Waals surface area (Å²) in [6, 6.07) is 16.6. The zero-order valence-electron chi connectivity index (χ0n) is 16.1. The van der Waals surface area contributed by atoms with Crippen molar-refractivity contribution in [2.75, 3.05) is 17.2 Å². The number of hydrogen-bond acceptors (Lipinski definition) is 5. The molecular formula is C23H19N5O2. The van der Waals surface area contributed by atoms with Crippen molar-refractivity contribution in [2.45, 2.75) is 12.6 Å². The molecule has 7 nitrogen and oxygen atoms in total. The van der Waals surface area contributed by atoms with Crippen LogP contribution >= 0.6 is 0 Å². The van der Waals surface area contributed by atoms with Gasteiger partial charge in [0.15, 0.2) is 0 Å². The quantitative estimate of drug-likeness (QED) is 0.662. The molecule has 1 aromatic heterocycles. The van der Waals surface area contributed by atoms with Crippen molar-refractivity contribution in [3.05, 3.63) is 89.2 Å². The van der Waals surface area contributed by atoms with E-state index in [0.29, 0.717) is 29.9 Å². The number of nitrogens with one attached hydrogen (secondary N) is 1. The summed E-state index contributed by atoms with van der Waals surface area (Å²) in [5.74, 6) is -0.634. The minimum absolute atomic E-state index is 0.256. The summed E-state index contributed by atoms with van der Waals surface area (Å²) in [4.78, 5) is 36.5. The molecule has 0 radical (unpaired) electrons. The van der Waals surface area contributed by atoms with Crippen molar-refractivity contribution in [3.8, 4) is 0 Å². The fourth-order valence-electron chi connectivity index (χ4n) is 4.01. The molecule has 148 valence electrons. The Kier molecular flexibility index (Phi) is 4.28. The molecule has 7 heteroatoms. The first-order chi connectivity index (χ1) is 14.6. The summed E-state index contributed by atoms with van der Waals surface area (Å²) >= 11 is 0. The molecule has 2 amide bonds. The van der Waals surface area contributed by atoms with E-state index < -0.39 is 6.17 Å². The number of hydrogen-bond donors (Lipinski definition) is 2. The molecule has 3 aromatic rings. The molecule has 0 bridgehead atoms. The number of rotatable bonds is 3. The average Bonchev–Trinajstić information content (AvgIpc) is 3.16. The van der Waals surface area contributed by atoms with Crippen LogP contribution in [0.25, 0.3) is 0 Å². The number of nitrogens with two attached hydrogens (primary N) is 1. The molecule has 0 spiro atoms. The Morgan fingerprint density at radius 3 is 2.63 bits per heavy atom. The fourth-order valence-corrected chi connectivity index (χ4v) is 4.01. The molecule has 2 aliphatic rings. The molecule has 3 N–H and O–H groups in total. The minimum atomic E-state index is -1.04. The Hall–Kier alpha value is -4.00. The molecular weight excluding hydrogens is 378 g/mol. The van der Waals surface area contributed by atoms with Gasteiger partial charge in [-0.2, -0.15) is 0 Å². The zero-order chi connectivity index (χ0) is 20.7. The maximum Gasteiger partial charge on any atom is 0.272 e. The Balaban J connectivity index is 1.64. The van der Waals surface area contributed by atoms with Gasteiger partial charge in [-0.3, -0.25) is 14.6 Å². The second-order valence-corrected chi connectivity index (χ2v) is 7.27. The number of aromatic nitrogens is 1. The predicted molar refractivity (Wildman–Crippen MR) is 114 cm³/mol. The maximum atomic E-state index is 13.4. The Morgan fingerprint density at radius 1 is 1.10 bits per heavy atom. The highest BCUT2D eigenvalue weighted by Crippen LogP contribution is 2.37. The van der Waals surface area contributed by atoms with Gasteiger partial charge in [0, 0.05) is 41.3 Å². The van der Waals surface area contributed by atoms with E-state index >= 15 is 0 Å². The highest BCUT2D eigenvalue weighted by Gasteiger charge is 2.37.